The third kappa shape index (κ3) is 5.05. The van der Waals surface area contributed by atoms with Crippen LogP contribution in [0.5, 0.6) is 0 Å². The van der Waals surface area contributed by atoms with Gasteiger partial charge in [0.25, 0.3) is 11.8 Å². The molecule has 1 aliphatic rings. The van der Waals surface area contributed by atoms with Crippen LogP contribution in [0.25, 0.3) is 0 Å². The molecule has 1 N–H and O–H groups in total. The summed E-state index contributed by atoms with van der Waals surface area (Å²) in [6.45, 7) is 8.64. The molecule has 1 fully saturated rings. The van der Waals surface area contributed by atoms with Gasteiger partial charge >= 0.3 is 0 Å². The minimum atomic E-state index is -0.144. The standard InChI is InChI=1S/C18H27N3O2/c1-13(2)4-8-20-17(22)15-5-9-19-16(12-15)18(23)21-10-6-14(3)7-11-21/h5,9,12-14H,4,6-8,10-11H2,1-3H3,(H,20,22). The fraction of sp³-hybridized carbons (Fsp3) is 0.611. The number of carbonyl (C=O) groups is 2. The largest absolute Gasteiger partial charge is 0.352 e. The Morgan fingerprint density at radius 2 is 2.04 bits per heavy atom. The molecule has 1 aromatic heterocycles. The van der Waals surface area contributed by atoms with Crippen molar-refractivity contribution in [2.24, 2.45) is 11.8 Å². The van der Waals surface area contributed by atoms with Crippen LogP contribution in [0.2, 0.25) is 0 Å². The van der Waals surface area contributed by atoms with Gasteiger partial charge in [0.15, 0.2) is 0 Å². The third-order valence-electron chi connectivity index (χ3n) is 4.32. The van der Waals surface area contributed by atoms with Gasteiger partial charge in [0.2, 0.25) is 0 Å². The molecule has 0 saturated carbocycles. The highest BCUT2D eigenvalue weighted by Crippen LogP contribution is 2.18. The monoisotopic (exact) mass is 317 g/mol. The van der Waals surface area contributed by atoms with Gasteiger partial charge < -0.3 is 10.2 Å². The van der Waals surface area contributed by atoms with Crippen molar-refractivity contribution in [1.82, 2.24) is 15.2 Å². The van der Waals surface area contributed by atoms with Crippen LogP contribution in [-0.4, -0.2) is 41.3 Å². The van der Waals surface area contributed by atoms with Crippen LogP contribution in [0.4, 0.5) is 0 Å². The lowest BCUT2D eigenvalue weighted by atomic mass is 9.99. The van der Waals surface area contributed by atoms with Crippen LogP contribution >= 0.6 is 0 Å². The Morgan fingerprint density at radius 1 is 1.35 bits per heavy atom. The summed E-state index contributed by atoms with van der Waals surface area (Å²) >= 11 is 0. The van der Waals surface area contributed by atoms with E-state index in [0.29, 0.717) is 29.6 Å². The van der Waals surface area contributed by atoms with Gasteiger partial charge in [0.1, 0.15) is 5.69 Å². The van der Waals surface area contributed by atoms with Crippen molar-refractivity contribution in [3.8, 4) is 0 Å². The van der Waals surface area contributed by atoms with Crippen LogP contribution in [0, 0.1) is 11.8 Å². The Labute approximate surface area is 138 Å². The van der Waals surface area contributed by atoms with Gasteiger partial charge in [-0.2, -0.15) is 0 Å². The van der Waals surface area contributed by atoms with E-state index in [0.717, 1.165) is 32.4 Å². The summed E-state index contributed by atoms with van der Waals surface area (Å²) in [6.07, 6.45) is 4.54. The predicted octanol–water partition coefficient (Wildman–Crippen LogP) is 2.73. The minimum absolute atomic E-state index is 0.0752. The van der Waals surface area contributed by atoms with Gasteiger partial charge in [0, 0.05) is 31.4 Å². The molecule has 0 unspecified atom stereocenters. The van der Waals surface area contributed by atoms with Crippen molar-refractivity contribution in [2.45, 2.75) is 40.0 Å². The van der Waals surface area contributed by atoms with Gasteiger partial charge in [-0.05, 0) is 43.2 Å². The fourth-order valence-electron chi connectivity index (χ4n) is 2.64. The lowest BCUT2D eigenvalue weighted by Crippen LogP contribution is -2.38. The molecule has 1 saturated heterocycles. The van der Waals surface area contributed by atoms with E-state index in [1.807, 2.05) is 4.90 Å². The van der Waals surface area contributed by atoms with E-state index in [9.17, 15) is 9.59 Å². The quantitative estimate of drug-likeness (QED) is 0.908. The lowest BCUT2D eigenvalue weighted by Gasteiger charge is -2.30. The molecule has 0 spiro atoms. The highest BCUT2D eigenvalue weighted by Gasteiger charge is 2.22. The molecule has 2 heterocycles. The molecule has 2 rings (SSSR count). The molecule has 0 radical (unpaired) electrons. The zero-order valence-electron chi connectivity index (χ0n) is 14.3. The molecule has 0 aliphatic carbocycles. The summed E-state index contributed by atoms with van der Waals surface area (Å²) in [7, 11) is 0. The SMILES string of the molecule is CC(C)CCNC(=O)c1ccnc(C(=O)N2CCC(C)CC2)c1. The Kier molecular flexibility index (Phi) is 6.13. The number of nitrogens with one attached hydrogen (secondary N) is 1. The van der Waals surface area contributed by atoms with Crippen molar-refractivity contribution in [1.29, 1.82) is 0 Å². The van der Waals surface area contributed by atoms with Gasteiger partial charge in [-0.1, -0.05) is 20.8 Å². The van der Waals surface area contributed by atoms with Crippen LogP contribution in [-0.2, 0) is 0 Å². The zero-order valence-corrected chi connectivity index (χ0v) is 14.3. The Balaban J connectivity index is 1.98. The molecule has 126 valence electrons. The molecular formula is C18H27N3O2. The van der Waals surface area contributed by atoms with Crippen LogP contribution in [0.3, 0.4) is 0 Å². The van der Waals surface area contributed by atoms with E-state index >= 15 is 0 Å². The Hall–Kier alpha value is -1.91. The average molecular weight is 317 g/mol. The zero-order chi connectivity index (χ0) is 16.8. The highest BCUT2D eigenvalue weighted by atomic mass is 16.2. The second-order valence-electron chi connectivity index (χ2n) is 6.84. The van der Waals surface area contributed by atoms with E-state index in [4.69, 9.17) is 0 Å². The number of piperidine rings is 1. The number of hydrogen-bond acceptors (Lipinski definition) is 3. The van der Waals surface area contributed by atoms with E-state index in [1.54, 1.807) is 12.1 Å². The van der Waals surface area contributed by atoms with Gasteiger partial charge in [-0.15, -0.1) is 0 Å². The number of aromatic nitrogens is 1. The first-order valence-corrected chi connectivity index (χ1v) is 8.51. The Bertz CT molecular complexity index is 549. The molecular weight excluding hydrogens is 290 g/mol. The van der Waals surface area contributed by atoms with E-state index < -0.39 is 0 Å². The van der Waals surface area contributed by atoms with Crippen molar-refractivity contribution >= 4 is 11.8 Å². The first-order valence-electron chi connectivity index (χ1n) is 8.51. The lowest BCUT2D eigenvalue weighted by molar-refractivity contribution is 0.0691. The van der Waals surface area contributed by atoms with Crippen molar-refractivity contribution in [3.05, 3.63) is 29.6 Å². The predicted molar refractivity (Wildman–Crippen MR) is 90.3 cm³/mol. The molecule has 0 atom stereocenters. The molecule has 5 heteroatoms. The number of hydrogen-bond donors (Lipinski definition) is 1. The summed E-state index contributed by atoms with van der Waals surface area (Å²) in [5.74, 6) is 1.000. The van der Waals surface area contributed by atoms with Crippen LogP contribution in [0.1, 0.15) is 60.9 Å². The summed E-state index contributed by atoms with van der Waals surface area (Å²) in [6, 6.07) is 3.25. The normalized spacial score (nSPS) is 15.7. The van der Waals surface area contributed by atoms with Crippen molar-refractivity contribution in [2.75, 3.05) is 19.6 Å². The smallest absolute Gasteiger partial charge is 0.272 e. The molecule has 2 amide bonds. The maximum Gasteiger partial charge on any atom is 0.272 e. The molecule has 0 bridgehead atoms. The number of amides is 2. The third-order valence-corrected chi connectivity index (χ3v) is 4.32. The summed E-state index contributed by atoms with van der Waals surface area (Å²) in [4.78, 5) is 30.7. The maximum absolute atomic E-state index is 12.5. The van der Waals surface area contributed by atoms with Gasteiger partial charge in [0.05, 0.1) is 0 Å². The first-order chi connectivity index (χ1) is 11.0. The second kappa shape index (κ2) is 8.09. The Morgan fingerprint density at radius 3 is 2.70 bits per heavy atom. The number of rotatable bonds is 5. The highest BCUT2D eigenvalue weighted by molar-refractivity contribution is 5.98. The van der Waals surface area contributed by atoms with Crippen LogP contribution in [0.15, 0.2) is 18.3 Å². The van der Waals surface area contributed by atoms with Gasteiger partial charge in [-0.25, -0.2) is 0 Å². The molecule has 23 heavy (non-hydrogen) atoms. The minimum Gasteiger partial charge on any atom is -0.352 e. The fourth-order valence-corrected chi connectivity index (χ4v) is 2.64. The van der Waals surface area contributed by atoms with Gasteiger partial charge in [-0.3, -0.25) is 14.6 Å². The number of likely N-dealkylation sites (tertiary alicyclic amines) is 1. The van der Waals surface area contributed by atoms with E-state index in [1.165, 1.54) is 6.20 Å². The van der Waals surface area contributed by atoms with Crippen molar-refractivity contribution in [3.63, 3.8) is 0 Å². The van der Waals surface area contributed by atoms with E-state index in [2.05, 4.69) is 31.1 Å². The van der Waals surface area contributed by atoms with Crippen LogP contribution < -0.4 is 5.32 Å². The molecule has 0 aromatic carbocycles. The maximum atomic E-state index is 12.5. The second-order valence-corrected chi connectivity index (χ2v) is 6.84. The van der Waals surface area contributed by atoms with E-state index in [-0.39, 0.29) is 11.8 Å². The summed E-state index contributed by atoms with van der Waals surface area (Å²) in [5, 5.41) is 2.89. The average Bonchev–Trinajstić information content (AvgIpc) is 2.54. The first kappa shape index (κ1) is 17.4. The number of pyridine rings is 1. The summed E-state index contributed by atoms with van der Waals surface area (Å²) in [5.41, 5.74) is 0.855. The topological polar surface area (TPSA) is 62.3 Å². The number of nitrogens with zero attached hydrogens (tertiary/aromatic N) is 2. The summed E-state index contributed by atoms with van der Waals surface area (Å²) < 4.78 is 0. The molecule has 1 aliphatic heterocycles. The van der Waals surface area contributed by atoms with Crippen molar-refractivity contribution < 1.29 is 9.59 Å². The molecule has 5 nitrogen and oxygen atoms in total. The molecule has 1 aromatic rings. The number of carbonyl (C=O) groups excluding carboxylic acids is 2.